The van der Waals surface area contributed by atoms with Crippen molar-refractivity contribution in [3.8, 4) is 0 Å². The van der Waals surface area contributed by atoms with Crippen LogP contribution >= 0.6 is 11.6 Å². The van der Waals surface area contributed by atoms with Crippen molar-refractivity contribution < 1.29 is 4.79 Å². The first kappa shape index (κ1) is 10.8. The van der Waals surface area contributed by atoms with E-state index in [-0.39, 0.29) is 12.5 Å². The van der Waals surface area contributed by atoms with E-state index >= 15 is 0 Å². The first-order chi connectivity index (χ1) is 7.68. The highest BCUT2D eigenvalue weighted by atomic mass is 35.5. The van der Waals surface area contributed by atoms with Crippen molar-refractivity contribution in [2.75, 3.05) is 6.54 Å². The van der Waals surface area contributed by atoms with Gasteiger partial charge in [-0.15, -0.1) is 0 Å². The van der Waals surface area contributed by atoms with Gasteiger partial charge in [-0.25, -0.2) is 0 Å². The first-order valence-electron chi connectivity index (χ1n) is 4.86. The maximum absolute atomic E-state index is 11.8. The molecule has 2 rings (SSSR count). The van der Waals surface area contributed by atoms with Gasteiger partial charge in [0.25, 0.3) is 5.91 Å². The van der Waals surface area contributed by atoms with Crippen molar-refractivity contribution in [1.29, 1.82) is 0 Å². The molecule has 0 aliphatic carbocycles. The van der Waals surface area contributed by atoms with Gasteiger partial charge in [-0.1, -0.05) is 24.2 Å². The summed E-state index contributed by atoms with van der Waals surface area (Å²) in [5.41, 5.74) is 1.58. The van der Waals surface area contributed by atoms with Gasteiger partial charge < -0.3 is 10.3 Å². The highest BCUT2D eigenvalue weighted by Gasteiger charge is 2.09. The normalized spacial score (nSPS) is 10.3. The van der Waals surface area contributed by atoms with Crippen LogP contribution < -0.4 is 5.32 Å². The van der Waals surface area contributed by atoms with Gasteiger partial charge in [0.1, 0.15) is 0 Å². The molecule has 1 aromatic carbocycles. The number of rotatable bonds is 3. The van der Waals surface area contributed by atoms with Gasteiger partial charge in [0, 0.05) is 27.7 Å². The molecule has 0 saturated carbocycles. The predicted molar refractivity (Wildman–Crippen MR) is 65.6 cm³/mol. The smallest absolute Gasteiger partial charge is 0.252 e. The number of nitrogens with one attached hydrogen (secondary N) is 2. The zero-order valence-electron chi connectivity index (χ0n) is 8.59. The fourth-order valence-electron chi connectivity index (χ4n) is 1.55. The molecule has 82 valence electrons. The van der Waals surface area contributed by atoms with E-state index in [1.54, 1.807) is 6.07 Å². The van der Waals surface area contributed by atoms with Crippen LogP contribution in [0, 0.1) is 0 Å². The fraction of sp³-hybridized carbons (Fsp3) is 0.0833. The lowest BCUT2D eigenvalue weighted by atomic mass is 10.1. The maximum atomic E-state index is 11.8. The predicted octanol–water partition coefficient (Wildman–Crippen LogP) is 2.65. The topological polar surface area (TPSA) is 44.9 Å². The number of hydrogen-bond donors (Lipinski definition) is 2. The third-order valence-corrected chi connectivity index (χ3v) is 2.41. The molecular formula is C12H11ClN2O. The highest BCUT2D eigenvalue weighted by molar-refractivity contribution is 6.29. The van der Waals surface area contributed by atoms with Crippen LogP contribution in [-0.4, -0.2) is 17.4 Å². The van der Waals surface area contributed by atoms with Crippen LogP contribution in [-0.2, 0) is 0 Å². The van der Waals surface area contributed by atoms with Crippen molar-refractivity contribution in [2.24, 2.45) is 0 Å². The Morgan fingerprint density at radius 3 is 3.00 bits per heavy atom. The minimum atomic E-state index is -0.146. The molecule has 0 radical (unpaired) electrons. The van der Waals surface area contributed by atoms with Crippen molar-refractivity contribution >= 4 is 28.4 Å². The average Bonchev–Trinajstić information content (AvgIpc) is 2.73. The van der Waals surface area contributed by atoms with E-state index < -0.39 is 0 Å². The Kier molecular flexibility index (Phi) is 2.97. The molecule has 0 aliphatic heterocycles. The van der Waals surface area contributed by atoms with E-state index in [1.807, 2.05) is 24.4 Å². The molecule has 0 spiro atoms. The molecule has 1 amide bonds. The third-order valence-electron chi connectivity index (χ3n) is 2.28. The highest BCUT2D eigenvalue weighted by Crippen LogP contribution is 2.17. The number of amides is 1. The molecule has 0 saturated heterocycles. The van der Waals surface area contributed by atoms with Crippen molar-refractivity contribution in [1.82, 2.24) is 10.3 Å². The van der Waals surface area contributed by atoms with Crippen LogP contribution in [0.3, 0.4) is 0 Å². The standard InChI is InChI=1S/C12H11ClN2O/c1-8(13)7-15-12(16)10-3-2-4-11-9(10)5-6-14-11/h2-6,14H,1,7H2,(H,15,16). The SMILES string of the molecule is C=C(Cl)CNC(=O)c1cccc2[nH]ccc12. The number of carbonyl (C=O) groups is 1. The van der Waals surface area contributed by atoms with E-state index in [1.165, 1.54) is 0 Å². The summed E-state index contributed by atoms with van der Waals surface area (Å²) >= 11 is 5.59. The van der Waals surface area contributed by atoms with Gasteiger partial charge in [0.15, 0.2) is 0 Å². The summed E-state index contributed by atoms with van der Waals surface area (Å²) in [5, 5.41) is 4.01. The molecule has 0 atom stereocenters. The monoisotopic (exact) mass is 234 g/mol. The van der Waals surface area contributed by atoms with Crippen molar-refractivity contribution in [2.45, 2.75) is 0 Å². The van der Waals surface area contributed by atoms with Gasteiger partial charge in [0.05, 0.1) is 6.54 Å². The zero-order valence-corrected chi connectivity index (χ0v) is 9.34. The Bertz CT molecular complexity index is 545. The average molecular weight is 235 g/mol. The van der Waals surface area contributed by atoms with E-state index in [0.29, 0.717) is 10.6 Å². The molecule has 1 aromatic heterocycles. The summed E-state index contributed by atoms with van der Waals surface area (Å²) < 4.78 is 0. The molecular weight excluding hydrogens is 224 g/mol. The number of H-pyrrole nitrogens is 1. The van der Waals surface area contributed by atoms with Gasteiger partial charge in [-0.05, 0) is 18.2 Å². The lowest BCUT2D eigenvalue weighted by molar-refractivity contribution is 0.0959. The van der Waals surface area contributed by atoms with Gasteiger partial charge in [-0.3, -0.25) is 4.79 Å². The minimum absolute atomic E-state index is 0.146. The van der Waals surface area contributed by atoms with E-state index in [9.17, 15) is 4.79 Å². The molecule has 2 N–H and O–H groups in total. The molecule has 0 fully saturated rings. The minimum Gasteiger partial charge on any atom is -0.361 e. The molecule has 0 aliphatic rings. The number of hydrogen-bond acceptors (Lipinski definition) is 1. The molecule has 4 heteroatoms. The van der Waals surface area contributed by atoms with Crippen LogP contribution in [0.2, 0.25) is 0 Å². The second-order valence-electron chi connectivity index (χ2n) is 3.44. The fourth-order valence-corrected chi connectivity index (χ4v) is 1.62. The van der Waals surface area contributed by atoms with Crippen LogP contribution in [0.1, 0.15) is 10.4 Å². The van der Waals surface area contributed by atoms with Gasteiger partial charge in [0.2, 0.25) is 0 Å². The van der Waals surface area contributed by atoms with Crippen LogP contribution in [0.5, 0.6) is 0 Å². The lowest BCUT2D eigenvalue weighted by Gasteiger charge is -2.04. The Labute approximate surface area is 98.1 Å². The Hall–Kier alpha value is -1.74. The summed E-state index contributed by atoms with van der Waals surface area (Å²) in [7, 11) is 0. The summed E-state index contributed by atoms with van der Waals surface area (Å²) in [6.45, 7) is 3.80. The number of aromatic amines is 1. The number of halogens is 1. The summed E-state index contributed by atoms with van der Waals surface area (Å²) in [6.07, 6.45) is 1.81. The van der Waals surface area contributed by atoms with E-state index in [4.69, 9.17) is 11.6 Å². The van der Waals surface area contributed by atoms with Crippen LogP contribution in [0.25, 0.3) is 10.9 Å². The largest absolute Gasteiger partial charge is 0.361 e. The summed E-state index contributed by atoms with van der Waals surface area (Å²) in [5.74, 6) is -0.146. The molecule has 0 bridgehead atoms. The van der Waals surface area contributed by atoms with E-state index in [0.717, 1.165) is 10.9 Å². The Morgan fingerprint density at radius 1 is 1.44 bits per heavy atom. The van der Waals surface area contributed by atoms with Crippen LogP contribution in [0.4, 0.5) is 0 Å². The third kappa shape index (κ3) is 2.09. The second kappa shape index (κ2) is 4.41. The zero-order chi connectivity index (χ0) is 11.5. The second-order valence-corrected chi connectivity index (χ2v) is 3.98. The Morgan fingerprint density at radius 2 is 2.25 bits per heavy atom. The maximum Gasteiger partial charge on any atom is 0.252 e. The molecule has 2 aromatic rings. The first-order valence-corrected chi connectivity index (χ1v) is 5.24. The number of fused-ring (bicyclic) bond motifs is 1. The molecule has 0 unspecified atom stereocenters. The molecule has 3 nitrogen and oxygen atoms in total. The van der Waals surface area contributed by atoms with Crippen molar-refractivity contribution in [3.63, 3.8) is 0 Å². The lowest BCUT2D eigenvalue weighted by Crippen LogP contribution is -2.24. The summed E-state index contributed by atoms with van der Waals surface area (Å²) in [6, 6.07) is 7.41. The van der Waals surface area contributed by atoms with Crippen molar-refractivity contribution in [3.05, 3.63) is 47.6 Å². The van der Waals surface area contributed by atoms with Gasteiger partial charge in [-0.2, -0.15) is 0 Å². The molecule has 1 heterocycles. The summed E-state index contributed by atoms with van der Waals surface area (Å²) in [4.78, 5) is 14.9. The number of benzene rings is 1. The number of aromatic nitrogens is 1. The van der Waals surface area contributed by atoms with Gasteiger partial charge >= 0.3 is 0 Å². The number of carbonyl (C=O) groups excluding carboxylic acids is 1. The Balaban J connectivity index is 2.29. The molecule has 16 heavy (non-hydrogen) atoms. The van der Waals surface area contributed by atoms with Crippen LogP contribution in [0.15, 0.2) is 42.1 Å². The van der Waals surface area contributed by atoms with E-state index in [2.05, 4.69) is 16.9 Å². The quantitative estimate of drug-likeness (QED) is 0.843.